The van der Waals surface area contributed by atoms with Crippen molar-refractivity contribution in [3.63, 3.8) is 0 Å². The molecule has 4 aromatic rings. The van der Waals surface area contributed by atoms with Gasteiger partial charge in [0, 0.05) is 15.6 Å². The number of carbonyl (C=O) groups excluding carboxylic acids is 1. The van der Waals surface area contributed by atoms with Crippen LogP contribution in [-0.2, 0) is 13.1 Å². The lowest BCUT2D eigenvalue weighted by Gasteiger charge is -2.09. The highest BCUT2D eigenvalue weighted by Gasteiger charge is 2.18. The Hall–Kier alpha value is -2.32. The molecule has 0 saturated heterocycles. The molecule has 172 valence electrons. The minimum Gasteiger partial charge on any atom is -0.318 e. The van der Waals surface area contributed by atoms with Crippen LogP contribution in [0.5, 0.6) is 0 Å². The number of aryl methyl sites for hydroxylation is 2. The van der Waals surface area contributed by atoms with Crippen LogP contribution >= 0.6 is 46.1 Å². The Morgan fingerprint density at radius 3 is 2.24 bits per heavy atom. The van der Waals surface area contributed by atoms with Crippen LogP contribution in [0.1, 0.15) is 43.6 Å². The minimum absolute atomic E-state index is 0.181. The Kier molecular flexibility index (Phi) is 6.86. The van der Waals surface area contributed by atoms with Crippen molar-refractivity contribution in [3.8, 4) is 0 Å². The third-order valence-electron chi connectivity index (χ3n) is 5.49. The van der Waals surface area contributed by atoms with Crippen LogP contribution in [0, 0.1) is 27.7 Å². The lowest BCUT2D eigenvalue weighted by molar-refractivity contribution is 0.103. The van der Waals surface area contributed by atoms with E-state index in [9.17, 15) is 4.79 Å². The Morgan fingerprint density at radius 1 is 0.970 bits per heavy atom. The maximum atomic E-state index is 13.0. The predicted molar refractivity (Wildman–Crippen MR) is 135 cm³/mol. The van der Waals surface area contributed by atoms with Gasteiger partial charge in [0.2, 0.25) is 0 Å². The Labute approximate surface area is 211 Å². The molecule has 0 unspecified atom stereocenters. The SMILES string of the molecule is Cc1nn(Cc2csc(C(=O)Nc3c(C)nn(Cc4c(Cl)cccc4Cl)c3C)c2)c(C)c1Cl. The molecule has 0 saturated carbocycles. The van der Waals surface area contributed by atoms with Crippen molar-refractivity contribution in [2.24, 2.45) is 0 Å². The Bertz CT molecular complexity index is 1330. The fourth-order valence-electron chi connectivity index (χ4n) is 3.62. The summed E-state index contributed by atoms with van der Waals surface area (Å²) in [7, 11) is 0. The van der Waals surface area contributed by atoms with Crippen molar-refractivity contribution in [2.75, 3.05) is 5.32 Å². The Balaban J connectivity index is 1.51. The number of benzene rings is 1. The number of hydrogen-bond acceptors (Lipinski definition) is 4. The van der Waals surface area contributed by atoms with Gasteiger partial charge in [-0.15, -0.1) is 11.3 Å². The fraction of sp³-hybridized carbons (Fsp3) is 0.261. The van der Waals surface area contributed by atoms with E-state index < -0.39 is 0 Å². The number of anilines is 1. The van der Waals surface area contributed by atoms with E-state index in [4.69, 9.17) is 34.8 Å². The summed E-state index contributed by atoms with van der Waals surface area (Å²) in [4.78, 5) is 13.6. The summed E-state index contributed by atoms with van der Waals surface area (Å²) >= 11 is 20.3. The lowest BCUT2D eigenvalue weighted by Crippen LogP contribution is -2.12. The van der Waals surface area contributed by atoms with Crippen LogP contribution < -0.4 is 5.32 Å². The number of amides is 1. The topological polar surface area (TPSA) is 64.7 Å². The number of rotatable bonds is 6. The number of nitrogens with one attached hydrogen (secondary N) is 1. The largest absolute Gasteiger partial charge is 0.318 e. The van der Waals surface area contributed by atoms with Gasteiger partial charge in [-0.3, -0.25) is 14.2 Å². The van der Waals surface area contributed by atoms with E-state index in [1.807, 2.05) is 43.8 Å². The van der Waals surface area contributed by atoms with Crippen molar-refractivity contribution in [1.82, 2.24) is 19.6 Å². The van der Waals surface area contributed by atoms with Crippen LogP contribution in [0.15, 0.2) is 29.6 Å². The number of hydrogen-bond donors (Lipinski definition) is 1. The van der Waals surface area contributed by atoms with Gasteiger partial charge in [0.1, 0.15) is 0 Å². The van der Waals surface area contributed by atoms with Crippen molar-refractivity contribution < 1.29 is 4.79 Å². The van der Waals surface area contributed by atoms with E-state index in [0.717, 1.165) is 33.9 Å². The molecule has 0 aliphatic heterocycles. The zero-order chi connectivity index (χ0) is 23.9. The summed E-state index contributed by atoms with van der Waals surface area (Å²) in [5.74, 6) is -0.181. The molecule has 3 heterocycles. The number of thiophene rings is 1. The Morgan fingerprint density at radius 2 is 1.61 bits per heavy atom. The molecule has 0 fully saturated rings. The van der Waals surface area contributed by atoms with Crippen molar-refractivity contribution >= 4 is 57.7 Å². The van der Waals surface area contributed by atoms with E-state index in [1.54, 1.807) is 22.9 Å². The first-order valence-corrected chi connectivity index (χ1v) is 12.2. The van der Waals surface area contributed by atoms with Crippen molar-refractivity contribution in [1.29, 1.82) is 0 Å². The first-order valence-electron chi connectivity index (χ1n) is 10.2. The van der Waals surface area contributed by atoms with Gasteiger partial charge in [0.05, 0.1) is 51.5 Å². The highest BCUT2D eigenvalue weighted by Crippen LogP contribution is 2.28. The third kappa shape index (κ3) is 4.82. The monoisotopic (exact) mass is 521 g/mol. The average Bonchev–Trinajstić information content (AvgIpc) is 3.41. The van der Waals surface area contributed by atoms with E-state index in [0.29, 0.717) is 38.7 Å². The second kappa shape index (κ2) is 9.50. The number of aromatic nitrogens is 4. The summed E-state index contributed by atoms with van der Waals surface area (Å²) in [5, 5.41) is 15.8. The summed E-state index contributed by atoms with van der Waals surface area (Å²) in [6, 6.07) is 7.28. The molecule has 0 aliphatic carbocycles. The van der Waals surface area contributed by atoms with Crippen molar-refractivity contribution in [2.45, 2.75) is 40.8 Å². The van der Waals surface area contributed by atoms with Gasteiger partial charge in [-0.2, -0.15) is 10.2 Å². The number of nitrogens with zero attached hydrogens (tertiary/aromatic N) is 4. The molecule has 33 heavy (non-hydrogen) atoms. The van der Waals surface area contributed by atoms with Gasteiger partial charge in [-0.1, -0.05) is 40.9 Å². The van der Waals surface area contributed by atoms with E-state index in [-0.39, 0.29) is 5.91 Å². The van der Waals surface area contributed by atoms with E-state index >= 15 is 0 Å². The van der Waals surface area contributed by atoms with Gasteiger partial charge in [0.15, 0.2) is 0 Å². The number of halogens is 3. The van der Waals surface area contributed by atoms with Crippen LogP contribution in [-0.4, -0.2) is 25.5 Å². The fourth-order valence-corrected chi connectivity index (χ4v) is 5.07. The van der Waals surface area contributed by atoms with Gasteiger partial charge in [-0.25, -0.2) is 0 Å². The molecular weight excluding hydrogens is 501 g/mol. The first-order chi connectivity index (χ1) is 15.7. The third-order valence-corrected chi connectivity index (χ3v) is 7.73. The molecule has 6 nitrogen and oxygen atoms in total. The lowest BCUT2D eigenvalue weighted by atomic mass is 10.2. The normalized spacial score (nSPS) is 11.2. The highest BCUT2D eigenvalue weighted by atomic mass is 35.5. The summed E-state index contributed by atoms with van der Waals surface area (Å²) < 4.78 is 3.64. The highest BCUT2D eigenvalue weighted by molar-refractivity contribution is 7.12. The van der Waals surface area contributed by atoms with Gasteiger partial charge in [0.25, 0.3) is 5.91 Å². The standard InChI is InChI=1S/C23H22Cl3N5OS/c1-12-21(26)14(3)30(28-12)9-16-8-20(33-11-16)23(32)27-22-13(2)29-31(15(22)4)10-17-18(24)6-5-7-19(17)25/h5-8,11H,9-10H2,1-4H3,(H,27,32). The molecule has 0 radical (unpaired) electrons. The van der Waals surface area contributed by atoms with Crippen LogP contribution in [0.2, 0.25) is 15.1 Å². The molecular formula is C23H22Cl3N5OS. The molecule has 0 aliphatic rings. The average molecular weight is 523 g/mol. The zero-order valence-corrected chi connectivity index (χ0v) is 21.6. The van der Waals surface area contributed by atoms with E-state index in [1.165, 1.54) is 11.3 Å². The predicted octanol–water partition coefficient (Wildman–Crippen LogP) is 6.68. The first kappa shape index (κ1) is 23.8. The van der Waals surface area contributed by atoms with Gasteiger partial charge in [-0.05, 0) is 56.8 Å². The summed E-state index contributed by atoms with van der Waals surface area (Å²) in [6.07, 6.45) is 0. The van der Waals surface area contributed by atoms with Crippen LogP contribution in [0.25, 0.3) is 0 Å². The molecule has 0 atom stereocenters. The van der Waals surface area contributed by atoms with Gasteiger partial charge >= 0.3 is 0 Å². The molecule has 0 bridgehead atoms. The molecule has 1 amide bonds. The maximum absolute atomic E-state index is 13.0. The molecule has 4 rings (SSSR count). The quantitative estimate of drug-likeness (QED) is 0.307. The number of carbonyl (C=O) groups is 1. The minimum atomic E-state index is -0.181. The van der Waals surface area contributed by atoms with Crippen LogP contribution in [0.4, 0.5) is 5.69 Å². The van der Waals surface area contributed by atoms with Crippen molar-refractivity contribution in [3.05, 3.63) is 83.5 Å². The summed E-state index contributed by atoms with van der Waals surface area (Å²) in [6.45, 7) is 8.55. The molecule has 0 spiro atoms. The maximum Gasteiger partial charge on any atom is 0.265 e. The summed E-state index contributed by atoms with van der Waals surface area (Å²) in [5.41, 5.74) is 5.71. The van der Waals surface area contributed by atoms with Crippen LogP contribution in [0.3, 0.4) is 0 Å². The molecule has 10 heteroatoms. The molecule has 3 aromatic heterocycles. The van der Waals surface area contributed by atoms with Gasteiger partial charge < -0.3 is 5.32 Å². The second-order valence-corrected chi connectivity index (χ2v) is 9.92. The zero-order valence-electron chi connectivity index (χ0n) is 18.5. The molecule has 1 aromatic carbocycles. The van der Waals surface area contributed by atoms with E-state index in [2.05, 4.69) is 15.5 Å². The second-order valence-electron chi connectivity index (χ2n) is 7.82. The smallest absolute Gasteiger partial charge is 0.265 e. The molecule has 1 N–H and O–H groups in total.